The summed E-state index contributed by atoms with van der Waals surface area (Å²) in [6.45, 7) is 4.01. The van der Waals surface area contributed by atoms with Gasteiger partial charge in [-0.3, -0.25) is 0 Å². The van der Waals surface area contributed by atoms with E-state index < -0.39 is 5.60 Å². The molecule has 1 aromatic carbocycles. The largest absolute Gasteiger partial charge is 0.390 e. The van der Waals surface area contributed by atoms with E-state index in [1.807, 2.05) is 13.0 Å². The van der Waals surface area contributed by atoms with Crippen LogP contribution in [0.5, 0.6) is 0 Å². The highest BCUT2D eigenvalue weighted by atomic mass is 16.3. The van der Waals surface area contributed by atoms with Crippen molar-refractivity contribution < 1.29 is 5.11 Å². The molecule has 1 saturated carbocycles. The van der Waals surface area contributed by atoms with Crippen LogP contribution in [0, 0.1) is 5.92 Å². The van der Waals surface area contributed by atoms with E-state index in [9.17, 15) is 5.11 Å². The van der Waals surface area contributed by atoms with E-state index in [-0.39, 0.29) is 0 Å². The topological polar surface area (TPSA) is 20.2 Å². The third-order valence-corrected chi connectivity index (χ3v) is 3.53. The molecule has 1 aliphatic carbocycles. The molecule has 0 heterocycles. The number of rotatable bonds is 3. The van der Waals surface area contributed by atoms with Crippen molar-refractivity contribution in [3.63, 3.8) is 0 Å². The predicted octanol–water partition coefficient (Wildman–Crippen LogP) is 2.95. The fraction of sp³-hybridized carbons (Fsp3) is 0.538. The van der Waals surface area contributed by atoms with E-state index in [2.05, 4.69) is 31.2 Å². The van der Waals surface area contributed by atoms with Crippen LogP contribution in [0.4, 0.5) is 0 Å². The molecule has 0 spiro atoms. The first-order valence-corrected chi connectivity index (χ1v) is 5.42. The van der Waals surface area contributed by atoms with Gasteiger partial charge in [0.15, 0.2) is 0 Å². The van der Waals surface area contributed by atoms with Crippen LogP contribution in [0.2, 0.25) is 0 Å². The summed E-state index contributed by atoms with van der Waals surface area (Å²) >= 11 is 0. The van der Waals surface area contributed by atoms with Gasteiger partial charge in [-0.15, -0.1) is 0 Å². The zero-order valence-corrected chi connectivity index (χ0v) is 8.90. The third-order valence-electron chi connectivity index (χ3n) is 3.53. The van der Waals surface area contributed by atoms with Gasteiger partial charge in [-0.25, -0.2) is 0 Å². The Kier molecular flexibility index (Phi) is 2.36. The Labute approximate surface area is 85.8 Å². The number of aliphatic hydroxyl groups is 1. The molecule has 0 radical (unpaired) electrons. The lowest BCUT2D eigenvalue weighted by Crippen LogP contribution is -2.26. The molecule has 3 atom stereocenters. The molecule has 1 aliphatic rings. The van der Waals surface area contributed by atoms with Gasteiger partial charge in [0.25, 0.3) is 0 Å². The smallest absolute Gasteiger partial charge is 0.0651 e. The summed E-state index contributed by atoms with van der Waals surface area (Å²) in [5, 5.41) is 10.1. The fourth-order valence-corrected chi connectivity index (χ4v) is 2.21. The van der Waals surface area contributed by atoms with Gasteiger partial charge in [0.1, 0.15) is 0 Å². The molecule has 1 nitrogen and oxygen atoms in total. The van der Waals surface area contributed by atoms with Gasteiger partial charge in [-0.05, 0) is 37.2 Å². The van der Waals surface area contributed by atoms with Gasteiger partial charge in [0.05, 0.1) is 5.60 Å². The molecule has 0 bridgehead atoms. The van der Waals surface area contributed by atoms with Crippen molar-refractivity contribution >= 4 is 0 Å². The summed E-state index contributed by atoms with van der Waals surface area (Å²) in [5.41, 5.74) is 0.909. The molecule has 3 unspecified atom stereocenters. The van der Waals surface area contributed by atoms with E-state index in [4.69, 9.17) is 0 Å². The van der Waals surface area contributed by atoms with Crippen LogP contribution in [0.1, 0.15) is 38.2 Å². The Morgan fingerprint density at radius 3 is 2.57 bits per heavy atom. The lowest BCUT2D eigenvalue weighted by molar-refractivity contribution is 0.0309. The standard InChI is InChI=1S/C13H18O/c1-3-13(2,14)12-9-11(12)10-7-5-4-6-8-10/h4-8,11-12,14H,3,9H2,1-2H3. The van der Waals surface area contributed by atoms with E-state index in [0.29, 0.717) is 11.8 Å². The second-order valence-electron chi connectivity index (χ2n) is 4.57. The normalized spacial score (nSPS) is 29.6. The number of benzene rings is 1. The van der Waals surface area contributed by atoms with Crippen molar-refractivity contribution in [1.82, 2.24) is 0 Å². The van der Waals surface area contributed by atoms with Crippen LogP contribution in [-0.4, -0.2) is 10.7 Å². The molecule has 0 saturated heterocycles. The molecule has 76 valence electrons. The van der Waals surface area contributed by atoms with Crippen molar-refractivity contribution in [2.24, 2.45) is 5.92 Å². The summed E-state index contributed by atoms with van der Waals surface area (Å²) in [6, 6.07) is 10.5. The molecular weight excluding hydrogens is 172 g/mol. The second kappa shape index (κ2) is 3.39. The maximum Gasteiger partial charge on any atom is 0.0651 e. The Balaban J connectivity index is 2.07. The quantitative estimate of drug-likeness (QED) is 0.777. The van der Waals surface area contributed by atoms with E-state index in [0.717, 1.165) is 12.8 Å². The lowest BCUT2D eigenvalue weighted by Gasteiger charge is -2.21. The van der Waals surface area contributed by atoms with Crippen molar-refractivity contribution in [2.75, 3.05) is 0 Å². The molecule has 1 fully saturated rings. The van der Waals surface area contributed by atoms with Crippen molar-refractivity contribution in [1.29, 1.82) is 0 Å². The lowest BCUT2D eigenvalue weighted by atomic mass is 9.94. The highest BCUT2D eigenvalue weighted by Crippen LogP contribution is 2.54. The summed E-state index contributed by atoms with van der Waals surface area (Å²) in [7, 11) is 0. The molecule has 0 aliphatic heterocycles. The zero-order valence-electron chi connectivity index (χ0n) is 8.90. The molecule has 14 heavy (non-hydrogen) atoms. The Morgan fingerprint density at radius 2 is 2.00 bits per heavy atom. The molecule has 1 heteroatoms. The van der Waals surface area contributed by atoms with Crippen LogP contribution >= 0.6 is 0 Å². The second-order valence-corrected chi connectivity index (χ2v) is 4.57. The molecule has 0 aromatic heterocycles. The van der Waals surface area contributed by atoms with E-state index in [1.54, 1.807) is 0 Å². The monoisotopic (exact) mass is 190 g/mol. The van der Waals surface area contributed by atoms with E-state index in [1.165, 1.54) is 5.56 Å². The van der Waals surface area contributed by atoms with Gasteiger partial charge in [-0.2, -0.15) is 0 Å². The van der Waals surface area contributed by atoms with Crippen LogP contribution in [0.3, 0.4) is 0 Å². The minimum Gasteiger partial charge on any atom is -0.390 e. The van der Waals surface area contributed by atoms with Gasteiger partial charge in [0, 0.05) is 0 Å². The van der Waals surface area contributed by atoms with Gasteiger partial charge in [0.2, 0.25) is 0 Å². The van der Waals surface area contributed by atoms with Crippen LogP contribution in [-0.2, 0) is 0 Å². The minimum absolute atomic E-state index is 0.468. The Hall–Kier alpha value is -0.820. The van der Waals surface area contributed by atoms with Crippen molar-refractivity contribution in [3.8, 4) is 0 Å². The van der Waals surface area contributed by atoms with Gasteiger partial charge >= 0.3 is 0 Å². The molecule has 2 rings (SSSR count). The maximum atomic E-state index is 10.1. The first-order chi connectivity index (χ1) is 6.65. The molecular formula is C13H18O. The summed E-state index contributed by atoms with van der Waals surface area (Å²) in [4.78, 5) is 0. The summed E-state index contributed by atoms with van der Waals surface area (Å²) < 4.78 is 0. The zero-order chi connectivity index (χ0) is 10.2. The average molecular weight is 190 g/mol. The molecule has 1 N–H and O–H groups in total. The third kappa shape index (κ3) is 1.69. The average Bonchev–Trinajstić information content (AvgIpc) is 2.99. The summed E-state index contributed by atoms with van der Waals surface area (Å²) in [6.07, 6.45) is 1.99. The number of hydrogen-bond donors (Lipinski definition) is 1. The van der Waals surface area contributed by atoms with Crippen LogP contribution < -0.4 is 0 Å². The Bertz CT molecular complexity index is 302. The molecule has 0 amide bonds. The van der Waals surface area contributed by atoms with Gasteiger partial charge < -0.3 is 5.11 Å². The van der Waals surface area contributed by atoms with Crippen molar-refractivity contribution in [2.45, 2.75) is 38.2 Å². The summed E-state index contributed by atoms with van der Waals surface area (Å²) in [5.74, 6) is 1.06. The first kappa shape index (κ1) is 9.72. The van der Waals surface area contributed by atoms with Crippen molar-refractivity contribution in [3.05, 3.63) is 35.9 Å². The van der Waals surface area contributed by atoms with Crippen LogP contribution in [0.15, 0.2) is 30.3 Å². The fourth-order valence-electron chi connectivity index (χ4n) is 2.21. The van der Waals surface area contributed by atoms with E-state index >= 15 is 0 Å². The predicted molar refractivity (Wildman–Crippen MR) is 58.2 cm³/mol. The SMILES string of the molecule is CCC(C)(O)C1CC1c1ccccc1. The molecule has 1 aromatic rings. The van der Waals surface area contributed by atoms with Crippen LogP contribution in [0.25, 0.3) is 0 Å². The number of hydrogen-bond acceptors (Lipinski definition) is 1. The highest BCUT2D eigenvalue weighted by Gasteiger charge is 2.48. The minimum atomic E-state index is -0.472. The first-order valence-electron chi connectivity index (χ1n) is 5.42. The maximum absolute atomic E-state index is 10.1. The highest BCUT2D eigenvalue weighted by molar-refractivity contribution is 5.27. The Morgan fingerprint density at radius 1 is 1.36 bits per heavy atom. The van der Waals surface area contributed by atoms with Gasteiger partial charge in [-0.1, -0.05) is 37.3 Å².